The summed E-state index contributed by atoms with van der Waals surface area (Å²) in [5.41, 5.74) is 3.86. The molecule has 4 aromatic carbocycles. The lowest BCUT2D eigenvalue weighted by Crippen LogP contribution is -2.63. The summed E-state index contributed by atoms with van der Waals surface area (Å²) in [7, 11) is 0. The number of aliphatic hydroxyl groups is 2. The number of aliphatic hydroxyl groups excluding tert-OH is 2. The van der Waals surface area contributed by atoms with Gasteiger partial charge in [0.1, 0.15) is 30.5 Å². The molecule has 6 atom stereocenters. The van der Waals surface area contributed by atoms with E-state index in [1.54, 1.807) is 0 Å². The van der Waals surface area contributed by atoms with E-state index in [-0.39, 0.29) is 19.8 Å². The van der Waals surface area contributed by atoms with Crippen LogP contribution in [0.5, 0.6) is 0 Å². The highest BCUT2D eigenvalue weighted by molar-refractivity contribution is 5.16. The maximum atomic E-state index is 11.6. The second-order valence-corrected chi connectivity index (χ2v) is 10.3. The number of hydrogen-bond donors (Lipinski definition) is 2. The zero-order valence-corrected chi connectivity index (χ0v) is 23.5. The first-order chi connectivity index (χ1) is 20.7. The summed E-state index contributed by atoms with van der Waals surface area (Å²) in [5, 5.41) is 22.6. The molecule has 0 saturated carbocycles. The van der Waals surface area contributed by atoms with Crippen molar-refractivity contribution in [3.05, 3.63) is 144 Å². The van der Waals surface area contributed by atoms with Gasteiger partial charge >= 0.3 is 0 Å². The highest BCUT2D eigenvalue weighted by Crippen LogP contribution is 2.30. The van der Waals surface area contributed by atoms with Crippen LogP contribution in [0.25, 0.3) is 0 Å². The molecule has 2 N–H and O–H groups in total. The monoisotopic (exact) mass is 570 g/mol. The van der Waals surface area contributed by atoms with E-state index in [1.165, 1.54) is 0 Å². The summed E-state index contributed by atoms with van der Waals surface area (Å²) in [6, 6.07) is 39.0. The highest BCUT2D eigenvalue weighted by atomic mass is 16.7. The number of hydrogen-bond acceptors (Lipinski definition) is 7. The van der Waals surface area contributed by atoms with Gasteiger partial charge in [-0.25, -0.2) is 0 Å². The van der Waals surface area contributed by atoms with Gasteiger partial charge in [-0.1, -0.05) is 121 Å². The molecule has 0 spiro atoms. The van der Waals surface area contributed by atoms with Crippen LogP contribution < -0.4 is 0 Å². The lowest BCUT2D eigenvalue weighted by Gasteiger charge is -2.45. The Morgan fingerprint density at radius 1 is 0.548 bits per heavy atom. The Morgan fingerprint density at radius 2 is 0.976 bits per heavy atom. The van der Waals surface area contributed by atoms with Crippen molar-refractivity contribution < 1.29 is 33.9 Å². The molecule has 1 aliphatic heterocycles. The largest absolute Gasteiger partial charge is 0.387 e. The summed E-state index contributed by atoms with van der Waals surface area (Å²) >= 11 is 0. The Bertz CT molecular complexity index is 1290. The Labute approximate surface area is 247 Å². The van der Waals surface area contributed by atoms with Crippen molar-refractivity contribution in [1.82, 2.24) is 0 Å². The van der Waals surface area contributed by atoms with Gasteiger partial charge in [0.25, 0.3) is 0 Å². The third-order valence-corrected chi connectivity index (χ3v) is 7.21. The van der Waals surface area contributed by atoms with Crippen LogP contribution in [0.3, 0.4) is 0 Å². The predicted molar refractivity (Wildman–Crippen MR) is 158 cm³/mol. The van der Waals surface area contributed by atoms with Gasteiger partial charge in [-0.15, -0.1) is 0 Å². The van der Waals surface area contributed by atoms with Gasteiger partial charge < -0.3 is 33.9 Å². The molecular formula is C35H38O7. The van der Waals surface area contributed by atoms with Crippen LogP contribution in [0, 0.1) is 0 Å². The van der Waals surface area contributed by atoms with Crippen LogP contribution in [0.4, 0.5) is 0 Å². The molecule has 4 aromatic rings. The average Bonchev–Trinajstić information content (AvgIpc) is 3.04. The Kier molecular flexibility index (Phi) is 11.3. The SMILES string of the molecule is O[C@H]1[C@H](OCc2ccccc2)[C@@H]([C@H](COCc2ccccc2)OCc2ccccc2)O[C@H](O)[C@H]1OCc1ccccc1. The van der Waals surface area contributed by atoms with Crippen LogP contribution in [0.1, 0.15) is 22.3 Å². The average molecular weight is 571 g/mol. The maximum absolute atomic E-state index is 11.6. The molecule has 0 radical (unpaired) electrons. The van der Waals surface area contributed by atoms with Crippen LogP contribution in [-0.2, 0) is 50.1 Å². The molecule has 1 heterocycles. The molecular weight excluding hydrogens is 532 g/mol. The summed E-state index contributed by atoms with van der Waals surface area (Å²) in [6.45, 7) is 1.27. The second-order valence-electron chi connectivity index (χ2n) is 10.3. The van der Waals surface area contributed by atoms with Crippen molar-refractivity contribution in [2.75, 3.05) is 6.61 Å². The van der Waals surface area contributed by atoms with Crippen LogP contribution in [-0.4, -0.2) is 53.6 Å². The highest BCUT2D eigenvalue weighted by Gasteiger charge is 2.49. The molecule has 42 heavy (non-hydrogen) atoms. The van der Waals surface area contributed by atoms with Gasteiger partial charge in [0.05, 0.1) is 33.0 Å². The van der Waals surface area contributed by atoms with Gasteiger partial charge in [-0.2, -0.15) is 0 Å². The normalized spacial score (nSPS) is 23.0. The van der Waals surface area contributed by atoms with E-state index in [2.05, 4.69) is 0 Å². The summed E-state index contributed by atoms with van der Waals surface area (Å²) in [6.07, 6.45) is -5.98. The van der Waals surface area contributed by atoms with E-state index in [9.17, 15) is 10.2 Å². The number of benzene rings is 4. The van der Waals surface area contributed by atoms with Crippen molar-refractivity contribution in [3.63, 3.8) is 0 Å². The van der Waals surface area contributed by atoms with Crippen LogP contribution in [0.15, 0.2) is 121 Å². The Hall–Kier alpha value is -3.40. The molecule has 220 valence electrons. The van der Waals surface area contributed by atoms with Crippen molar-refractivity contribution in [2.45, 2.75) is 63.2 Å². The molecule has 1 fully saturated rings. The van der Waals surface area contributed by atoms with E-state index < -0.39 is 36.8 Å². The van der Waals surface area contributed by atoms with Gasteiger partial charge in [-0.3, -0.25) is 0 Å². The first-order valence-corrected chi connectivity index (χ1v) is 14.3. The summed E-state index contributed by atoms with van der Waals surface area (Å²) in [5.74, 6) is 0. The fraction of sp³-hybridized carbons (Fsp3) is 0.314. The van der Waals surface area contributed by atoms with Gasteiger partial charge in [0, 0.05) is 0 Å². The third-order valence-electron chi connectivity index (χ3n) is 7.21. The molecule has 1 aliphatic rings. The minimum absolute atomic E-state index is 0.159. The van der Waals surface area contributed by atoms with Crippen molar-refractivity contribution in [3.8, 4) is 0 Å². The summed E-state index contributed by atoms with van der Waals surface area (Å²) < 4.78 is 30.9. The minimum Gasteiger partial charge on any atom is -0.387 e. The molecule has 7 nitrogen and oxygen atoms in total. The lowest BCUT2D eigenvalue weighted by molar-refractivity contribution is -0.321. The van der Waals surface area contributed by atoms with Crippen LogP contribution in [0.2, 0.25) is 0 Å². The number of rotatable bonds is 14. The number of ether oxygens (including phenoxy) is 5. The fourth-order valence-corrected chi connectivity index (χ4v) is 4.96. The predicted octanol–water partition coefficient (Wildman–Crippen LogP) is 5.04. The lowest BCUT2D eigenvalue weighted by atomic mass is 9.94. The maximum Gasteiger partial charge on any atom is 0.184 e. The molecule has 0 amide bonds. The van der Waals surface area contributed by atoms with E-state index >= 15 is 0 Å². The van der Waals surface area contributed by atoms with Crippen LogP contribution >= 0.6 is 0 Å². The van der Waals surface area contributed by atoms with E-state index in [0.29, 0.717) is 13.2 Å². The Morgan fingerprint density at radius 3 is 1.48 bits per heavy atom. The van der Waals surface area contributed by atoms with Gasteiger partial charge in [0.15, 0.2) is 6.29 Å². The smallest absolute Gasteiger partial charge is 0.184 e. The van der Waals surface area contributed by atoms with Gasteiger partial charge in [0.2, 0.25) is 0 Å². The van der Waals surface area contributed by atoms with E-state index in [1.807, 2.05) is 121 Å². The topological polar surface area (TPSA) is 86.6 Å². The first-order valence-electron chi connectivity index (χ1n) is 14.3. The van der Waals surface area contributed by atoms with Crippen molar-refractivity contribution >= 4 is 0 Å². The molecule has 0 aliphatic carbocycles. The molecule has 0 aromatic heterocycles. The second kappa shape index (κ2) is 15.7. The first kappa shape index (κ1) is 30.1. The Balaban J connectivity index is 1.34. The molecule has 1 saturated heterocycles. The zero-order valence-electron chi connectivity index (χ0n) is 23.5. The van der Waals surface area contributed by atoms with Crippen molar-refractivity contribution in [2.24, 2.45) is 0 Å². The van der Waals surface area contributed by atoms with Crippen molar-refractivity contribution in [1.29, 1.82) is 0 Å². The molecule has 7 heteroatoms. The standard InChI is InChI=1S/C35H38O7/c36-31-33(40-23-28-17-9-3-10-18-28)32(42-35(37)34(31)41-24-29-19-11-4-12-20-29)30(39-22-27-15-7-2-8-16-27)25-38-21-26-13-5-1-6-14-26/h1-20,30-37H,21-25H2/t30-,31-,32+,33-,34-,35-/m0/s1. The molecule has 0 bridgehead atoms. The molecule has 0 unspecified atom stereocenters. The zero-order chi connectivity index (χ0) is 29.0. The van der Waals surface area contributed by atoms with E-state index in [4.69, 9.17) is 23.7 Å². The van der Waals surface area contributed by atoms with Gasteiger partial charge in [-0.05, 0) is 22.3 Å². The fourth-order valence-electron chi connectivity index (χ4n) is 4.96. The third kappa shape index (κ3) is 8.56. The minimum atomic E-state index is -1.40. The molecule has 5 rings (SSSR count). The van der Waals surface area contributed by atoms with E-state index in [0.717, 1.165) is 22.3 Å². The quantitative estimate of drug-likeness (QED) is 0.220. The summed E-state index contributed by atoms with van der Waals surface area (Å²) in [4.78, 5) is 0.